The van der Waals surface area contributed by atoms with E-state index in [9.17, 15) is 28.8 Å². The van der Waals surface area contributed by atoms with Gasteiger partial charge in [-0.15, -0.1) is 0 Å². The monoisotopic (exact) mass is 675 g/mol. The van der Waals surface area contributed by atoms with Crippen molar-refractivity contribution in [1.82, 2.24) is 31.5 Å². The number of nitrogens with two attached hydrogens (primary N) is 2. The Morgan fingerprint density at radius 2 is 1.73 bits per heavy atom. The molecule has 0 radical (unpaired) electrons. The van der Waals surface area contributed by atoms with Crippen LogP contribution in [0.3, 0.4) is 0 Å². The van der Waals surface area contributed by atoms with Crippen molar-refractivity contribution in [3.8, 4) is 0 Å². The van der Waals surface area contributed by atoms with Crippen molar-refractivity contribution in [2.45, 2.75) is 129 Å². The van der Waals surface area contributed by atoms with E-state index in [2.05, 4.69) is 26.6 Å². The summed E-state index contributed by atoms with van der Waals surface area (Å²) in [5.41, 5.74) is 10.9. The summed E-state index contributed by atoms with van der Waals surface area (Å²) in [7, 11) is 0. The average Bonchev–Trinajstić information content (AvgIpc) is 3.53. The summed E-state index contributed by atoms with van der Waals surface area (Å²) in [6, 6.07) is -4.75. The second-order valence-electron chi connectivity index (χ2n) is 13.2. The maximum atomic E-state index is 13.8. The van der Waals surface area contributed by atoms with Crippen LogP contribution in [0.4, 0.5) is 0 Å². The van der Waals surface area contributed by atoms with Gasteiger partial charge in [0.1, 0.15) is 30.2 Å². The summed E-state index contributed by atoms with van der Waals surface area (Å²) < 4.78 is 0. The standard InChI is InChI=1S/C33H57N9O6/c1-5-21(4)27-32(48)39-22(14-10-8-6-7-9-11-17-25(43)42-19-13-16-24(42)31(47)41-27)29(45)38-23(15-12-18-37-33(35)36)30(46)40-26(20(2)3)28(34)44/h8,10,20-24,26-27H,5-7,9,11-19H2,1-4H3,(H2,34,44)(H,38,45)(H,39,48)(H,40,46)(H,41,47)(H4,35,36,37)/b10-8+/t21-,22+,23+,24+,26+,27+/m1/s1. The van der Waals surface area contributed by atoms with Crippen LogP contribution in [0.25, 0.3) is 0 Å². The molecule has 0 spiro atoms. The van der Waals surface area contributed by atoms with Gasteiger partial charge < -0.3 is 43.0 Å². The van der Waals surface area contributed by atoms with Gasteiger partial charge in [-0.25, -0.2) is 0 Å². The lowest BCUT2D eigenvalue weighted by Crippen LogP contribution is -2.60. The van der Waals surface area contributed by atoms with E-state index in [1.54, 1.807) is 24.8 Å². The van der Waals surface area contributed by atoms with E-state index in [0.717, 1.165) is 19.3 Å². The Kier molecular flexibility index (Phi) is 16.9. The highest BCUT2D eigenvalue weighted by Gasteiger charge is 2.38. The zero-order valence-corrected chi connectivity index (χ0v) is 28.9. The van der Waals surface area contributed by atoms with Gasteiger partial charge in [0.2, 0.25) is 35.4 Å². The number of guanidine groups is 1. The molecule has 0 unspecified atom stereocenters. The Labute approximate surface area is 284 Å². The van der Waals surface area contributed by atoms with Crippen molar-refractivity contribution in [2.75, 3.05) is 13.1 Å². The number of amides is 6. The topological polar surface area (TPSA) is 242 Å². The second-order valence-corrected chi connectivity index (χ2v) is 13.2. The first kappa shape index (κ1) is 40.0. The number of primary amides is 1. The number of nitrogens with zero attached hydrogens (tertiary/aromatic N) is 1. The summed E-state index contributed by atoms with van der Waals surface area (Å²) >= 11 is 0. The molecule has 2 heterocycles. The molecule has 10 N–H and O–H groups in total. The van der Waals surface area contributed by atoms with Crippen molar-refractivity contribution in [2.24, 2.45) is 23.3 Å². The summed E-state index contributed by atoms with van der Waals surface area (Å²) in [4.78, 5) is 81.0. The molecule has 6 amide bonds. The van der Waals surface area contributed by atoms with Crippen LogP contribution in [0, 0.1) is 17.2 Å². The van der Waals surface area contributed by atoms with Crippen molar-refractivity contribution < 1.29 is 28.8 Å². The Morgan fingerprint density at radius 1 is 1.00 bits per heavy atom. The lowest BCUT2D eigenvalue weighted by atomic mass is 9.97. The molecule has 2 aliphatic rings. The summed E-state index contributed by atoms with van der Waals surface area (Å²) in [5, 5.41) is 21.1. The van der Waals surface area contributed by atoms with Crippen LogP contribution in [0.5, 0.6) is 0 Å². The van der Waals surface area contributed by atoms with Crippen LogP contribution in [0.1, 0.15) is 98.3 Å². The van der Waals surface area contributed by atoms with Crippen LogP contribution in [-0.4, -0.2) is 89.6 Å². The molecule has 0 aromatic rings. The van der Waals surface area contributed by atoms with E-state index in [1.807, 2.05) is 19.9 Å². The van der Waals surface area contributed by atoms with E-state index < -0.39 is 59.7 Å². The number of hydrogen-bond acceptors (Lipinski definition) is 7. The molecule has 48 heavy (non-hydrogen) atoms. The van der Waals surface area contributed by atoms with Gasteiger partial charge >= 0.3 is 0 Å². The number of allylic oxidation sites excluding steroid dienone is 1. The third-order valence-corrected chi connectivity index (χ3v) is 8.99. The highest BCUT2D eigenvalue weighted by molar-refractivity contribution is 5.96. The SMILES string of the molecule is CC[C@@H](C)[C@@H]1NC(=O)[C@@H]2CCCN2C(=O)CCCCC/C=C/C[C@@H](C(=O)N[C@@H](CCCNC(=N)N)C(=O)N[C@H](C(N)=O)C(C)C)NC1=O. The van der Waals surface area contributed by atoms with Gasteiger partial charge in [0.25, 0.3) is 0 Å². The van der Waals surface area contributed by atoms with Gasteiger partial charge in [0.15, 0.2) is 5.96 Å². The molecule has 270 valence electrons. The smallest absolute Gasteiger partial charge is 0.243 e. The molecule has 6 atom stereocenters. The number of carbonyl (C=O) groups excluding carboxylic acids is 6. The molecule has 1 saturated heterocycles. The predicted molar refractivity (Wildman–Crippen MR) is 182 cm³/mol. The first-order valence-corrected chi connectivity index (χ1v) is 17.3. The van der Waals surface area contributed by atoms with Gasteiger partial charge in [-0.1, -0.05) is 52.7 Å². The Hall–Kier alpha value is -4.17. The number of carbonyl (C=O) groups is 6. The van der Waals surface area contributed by atoms with Crippen LogP contribution >= 0.6 is 0 Å². The lowest BCUT2D eigenvalue weighted by Gasteiger charge is -2.30. The molecule has 15 heteroatoms. The minimum absolute atomic E-state index is 0.0556. The van der Waals surface area contributed by atoms with Gasteiger partial charge in [0, 0.05) is 19.5 Å². The lowest BCUT2D eigenvalue weighted by molar-refractivity contribution is -0.140. The van der Waals surface area contributed by atoms with Crippen molar-refractivity contribution in [1.29, 1.82) is 5.41 Å². The quantitative estimate of drug-likeness (QED) is 0.0617. The molecule has 15 nitrogen and oxygen atoms in total. The van der Waals surface area contributed by atoms with Crippen LogP contribution in [-0.2, 0) is 28.8 Å². The fraction of sp³-hybridized carbons (Fsp3) is 0.727. The van der Waals surface area contributed by atoms with E-state index in [-0.39, 0.29) is 43.1 Å². The number of rotatable bonds is 12. The van der Waals surface area contributed by atoms with Gasteiger partial charge in [0.05, 0.1) is 0 Å². The molecular weight excluding hydrogens is 618 g/mol. The van der Waals surface area contributed by atoms with Gasteiger partial charge in [-0.3, -0.25) is 34.2 Å². The highest BCUT2D eigenvalue weighted by atomic mass is 16.2. The molecule has 1 fully saturated rings. The predicted octanol–water partition coefficient (Wildman–Crippen LogP) is 0.278. The average molecular weight is 676 g/mol. The third kappa shape index (κ3) is 12.8. The number of fused-ring (bicyclic) bond motifs is 1. The fourth-order valence-corrected chi connectivity index (χ4v) is 5.88. The first-order chi connectivity index (χ1) is 22.8. The maximum Gasteiger partial charge on any atom is 0.243 e. The molecule has 2 rings (SSSR count). The second kappa shape index (κ2) is 20.3. The fourth-order valence-electron chi connectivity index (χ4n) is 5.88. The molecule has 0 aromatic heterocycles. The number of hydrogen-bond donors (Lipinski definition) is 8. The van der Waals surface area contributed by atoms with Crippen molar-refractivity contribution >= 4 is 41.4 Å². The zero-order valence-electron chi connectivity index (χ0n) is 28.9. The van der Waals surface area contributed by atoms with Crippen molar-refractivity contribution in [3.63, 3.8) is 0 Å². The minimum Gasteiger partial charge on any atom is -0.370 e. The van der Waals surface area contributed by atoms with Crippen LogP contribution in [0.15, 0.2) is 12.2 Å². The number of nitrogens with one attached hydrogen (secondary N) is 6. The maximum absolute atomic E-state index is 13.8. The summed E-state index contributed by atoms with van der Waals surface area (Å²) in [6.07, 6.45) is 9.57. The largest absolute Gasteiger partial charge is 0.370 e. The molecule has 0 aromatic carbocycles. The van der Waals surface area contributed by atoms with Crippen LogP contribution < -0.4 is 38.1 Å². The molecule has 2 aliphatic heterocycles. The normalized spacial score (nSPS) is 23.8. The van der Waals surface area contributed by atoms with E-state index in [4.69, 9.17) is 16.9 Å². The van der Waals surface area contributed by atoms with Gasteiger partial charge in [-0.2, -0.15) is 0 Å². The third-order valence-electron chi connectivity index (χ3n) is 8.99. The molecule has 0 aliphatic carbocycles. The van der Waals surface area contributed by atoms with Crippen molar-refractivity contribution in [3.05, 3.63) is 12.2 Å². The first-order valence-electron chi connectivity index (χ1n) is 17.3. The zero-order chi connectivity index (χ0) is 35.8. The molecule has 0 saturated carbocycles. The highest BCUT2D eigenvalue weighted by Crippen LogP contribution is 2.21. The summed E-state index contributed by atoms with van der Waals surface area (Å²) in [6.45, 7) is 7.96. The van der Waals surface area contributed by atoms with Gasteiger partial charge in [-0.05, 0) is 63.2 Å². The van der Waals surface area contributed by atoms with E-state index in [0.29, 0.717) is 45.1 Å². The van der Waals surface area contributed by atoms with E-state index in [1.165, 1.54) is 0 Å². The van der Waals surface area contributed by atoms with Crippen LogP contribution in [0.2, 0.25) is 0 Å². The molecular formula is C33H57N9O6. The molecule has 0 bridgehead atoms. The minimum atomic E-state index is -1.09. The Bertz CT molecular complexity index is 1180. The van der Waals surface area contributed by atoms with E-state index >= 15 is 0 Å². The Morgan fingerprint density at radius 3 is 2.38 bits per heavy atom. The Balaban J connectivity index is 2.34. The summed E-state index contributed by atoms with van der Waals surface area (Å²) in [5.74, 6) is -3.76.